The standard InChI is InChI=1S/C14H18N2O2/c1-10-8-16-14(18-10)11(2)15-9-12-5-4-6-13(7-12)17-3/h4-8,11,15H,9H2,1-3H3. The van der Waals surface area contributed by atoms with E-state index >= 15 is 0 Å². The monoisotopic (exact) mass is 246 g/mol. The van der Waals surface area contributed by atoms with Crippen LogP contribution in [0, 0.1) is 6.92 Å². The number of methoxy groups -OCH3 is 1. The van der Waals surface area contributed by atoms with Gasteiger partial charge in [0.2, 0.25) is 5.89 Å². The zero-order valence-corrected chi connectivity index (χ0v) is 10.9. The van der Waals surface area contributed by atoms with Gasteiger partial charge in [0, 0.05) is 6.54 Å². The number of nitrogens with zero attached hydrogens (tertiary/aromatic N) is 1. The molecule has 0 spiro atoms. The average molecular weight is 246 g/mol. The van der Waals surface area contributed by atoms with Crippen LogP contribution >= 0.6 is 0 Å². The first-order valence-electron chi connectivity index (χ1n) is 5.97. The predicted octanol–water partition coefficient (Wildman–Crippen LogP) is 2.84. The highest BCUT2D eigenvalue weighted by Crippen LogP contribution is 2.15. The first kappa shape index (κ1) is 12.6. The first-order chi connectivity index (χ1) is 8.69. The molecule has 4 heteroatoms. The minimum absolute atomic E-state index is 0.0879. The lowest BCUT2D eigenvalue weighted by Crippen LogP contribution is -2.18. The highest BCUT2D eigenvalue weighted by Gasteiger charge is 2.10. The Morgan fingerprint density at radius 2 is 2.28 bits per heavy atom. The molecule has 1 unspecified atom stereocenters. The van der Waals surface area contributed by atoms with Gasteiger partial charge in [0.1, 0.15) is 11.5 Å². The summed E-state index contributed by atoms with van der Waals surface area (Å²) in [5, 5.41) is 3.37. The van der Waals surface area contributed by atoms with Gasteiger partial charge in [-0.1, -0.05) is 12.1 Å². The smallest absolute Gasteiger partial charge is 0.211 e. The van der Waals surface area contributed by atoms with Crippen molar-refractivity contribution in [1.29, 1.82) is 0 Å². The van der Waals surface area contributed by atoms with Crippen LogP contribution in [0.15, 0.2) is 34.9 Å². The number of ether oxygens (including phenoxy) is 1. The summed E-state index contributed by atoms with van der Waals surface area (Å²) >= 11 is 0. The Labute approximate surface area is 107 Å². The molecule has 0 aliphatic carbocycles. The van der Waals surface area contributed by atoms with E-state index in [9.17, 15) is 0 Å². The van der Waals surface area contributed by atoms with Gasteiger partial charge >= 0.3 is 0 Å². The zero-order valence-electron chi connectivity index (χ0n) is 10.9. The van der Waals surface area contributed by atoms with Crippen molar-refractivity contribution in [2.45, 2.75) is 26.4 Å². The van der Waals surface area contributed by atoms with Crippen molar-refractivity contribution in [1.82, 2.24) is 10.3 Å². The van der Waals surface area contributed by atoms with Crippen molar-refractivity contribution >= 4 is 0 Å². The summed E-state index contributed by atoms with van der Waals surface area (Å²) in [4.78, 5) is 4.21. The molecular weight excluding hydrogens is 228 g/mol. The van der Waals surface area contributed by atoms with Crippen molar-refractivity contribution in [2.24, 2.45) is 0 Å². The van der Waals surface area contributed by atoms with E-state index in [-0.39, 0.29) is 6.04 Å². The van der Waals surface area contributed by atoms with Gasteiger partial charge in [-0.2, -0.15) is 0 Å². The third-order valence-corrected chi connectivity index (χ3v) is 2.76. The Morgan fingerprint density at radius 3 is 2.94 bits per heavy atom. The molecule has 0 fully saturated rings. The van der Waals surface area contributed by atoms with Crippen LogP contribution in [0.4, 0.5) is 0 Å². The summed E-state index contributed by atoms with van der Waals surface area (Å²) in [6.07, 6.45) is 1.74. The second-order valence-electron chi connectivity index (χ2n) is 4.26. The van der Waals surface area contributed by atoms with Gasteiger partial charge in [0.15, 0.2) is 0 Å². The quantitative estimate of drug-likeness (QED) is 0.881. The molecule has 1 aromatic carbocycles. The van der Waals surface area contributed by atoms with Crippen molar-refractivity contribution in [3.05, 3.63) is 47.7 Å². The predicted molar refractivity (Wildman–Crippen MR) is 69.5 cm³/mol. The minimum Gasteiger partial charge on any atom is -0.497 e. The first-order valence-corrected chi connectivity index (χ1v) is 5.97. The van der Waals surface area contributed by atoms with Gasteiger partial charge < -0.3 is 14.5 Å². The molecule has 1 atom stereocenters. The molecule has 1 heterocycles. The SMILES string of the molecule is COc1cccc(CNC(C)c2ncc(C)o2)c1. The second-order valence-corrected chi connectivity index (χ2v) is 4.26. The van der Waals surface area contributed by atoms with Gasteiger partial charge in [0.05, 0.1) is 19.3 Å². The number of aromatic nitrogens is 1. The van der Waals surface area contributed by atoms with Crippen molar-refractivity contribution in [3.63, 3.8) is 0 Å². The van der Waals surface area contributed by atoms with Gasteiger partial charge in [-0.05, 0) is 31.5 Å². The lowest BCUT2D eigenvalue weighted by molar-refractivity contribution is 0.400. The Kier molecular flexibility index (Phi) is 3.99. The molecule has 4 nitrogen and oxygen atoms in total. The Bertz CT molecular complexity index is 508. The number of rotatable bonds is 5. The van der Waals surface area contributed by atoms with Crippen LogP contribution in [-0.4, -0.2) is 12.1 Å². The molecule has 0 saturated heterocycles. The minimum atomic E-state index is 0.0879. The third-order valence-electron chi connectivity index (χ3n) is 2.76. The van der Waals surface area contributed by atoms with Crippen molar-refractivity contribution < 1.29 is 9.15 Å². The van der Waals surface area contributed by atoms with E-state index in [2.05, 4.69) is 16.4 Å². The maximum atomic E-state index is 5.48. The molecule has 0 aliphatic rings. The average Bonchev–Trinajstić information content (AvgIpc) is 2.83. The second kappa shape index (κ2) is 5.69. The maximum Gasteiger partial charge on any atom is 0.211 e. The molecule has 0 bridgehead atoms. The van der Waals surface area contributed by atoms with Crippen LogP contribution in [0.25, 0.3) is 0 Å². The number of oxazole rings is 1. The van der Waals surface area contributed by atoms with E-state index in [1.807, 2.05) is 32.0 Å². The number of hydrogen-bond acceptors (Lipinski definition) is 4. The molecule has 1 aromatic heterocycles. The molecule has 2 rings (SSSR count). The summed E-state index contributed by atoms with van der Waals surface area (Å²) in [6.45, 7) is 4.68. The molecule has 2 aromatic rings. The van der Waals surface area contributed by atoms with E-state index < -0.39 is 0 Å². The lowest BCUT2D eigenvalue weighted by atomic mass is 10.2. The number of benzene rings is 1. The highest BCUT2D eigenvalue weighted by molar-refractivity contribution is 5.28. The van der Waals surface area contributed by atoms with Gasteiger partial charge in [-0.3, -0.25) is 0 Å². The summed E-state index contributed by atoms with van der Waals surface area (Å²) in [6, 6.07) is 8.08. The lowest BCUT2D eigenvalue weighted by Gasteiger charge is -2.11. The fourth-order valence-electron chi connectivity index (χ4n) is 1.71. The van der Waals surface area contributed by atoms with Crippen molar-refractivity contribution in [3.8, 4) is 5.75 Å². The third kappa shape index (κ3) is 3.11. The van der Waals surface area contributed by atoms with Gasteiger partial charge in [0.25, 0.3) is 0 Å². The topological polar surface area (TPSA) is 47.3 Å². The Balaban J connectivity index is 1.94. The largest absolute Gasteiger partial charge is 0.497 e. The van der Waals surface area contributed by atoms with E-state index in [4.69, 9.17) is 9.15 Å². The number of aryl methyl sites for hydroxylation is 1. The Hall–Kier alpha value is -1.81. The zero-order chi connectivity index (χ0) is 13.0. The van der Waals surface area contributed by atoms with Gasteiger partial charge in [-0.25, -0.2) is 4.98 Å². The normalized spacial score (nSPS) is 12.4. The maximum absolute atomic E-state index is 5.48. The fourth-order valence-corrected chi connectivity index (χ4v) is 1.71. The highest BCUT2D eigenvalue weighted by atomic mass is 16.5. The van der Waals surface area contributed by atoms with E-state index in [1.54, 1.807) is 13.3 Å². The molecule has 0 saturated carbocycles. The Morgan fingerprint density at radius 1 is 1.44 bits per heavy atom. The molecule has 0 aliphatic heterocycles. The summed E-state index contributed by atoms with van der Waals surface area (Å²) < 4.78 is 10.7. The van der Waals surface area contributed by atoms with E-state index in [0.29, 0.717) is 0 Å². The van der Waals surface area contributed by atoms with Crippen molar-refractivity contribution in [2.75, 3.05) is 7.11 Å². The van der Waals surface area contributed by atoms with E-state index in [0.717, 1.165) is 23.9 Å². The van der Waals surface area contributed by atoms with Crippen LogP contribution in [0.1, 0.15) is 30.2 Å². The van der Waals surface area contributed by atoms with Crippen LogP contribution in [0.2, 0.25) is 0 Å². The fraction of sp³-hybridized carbons (Fsp3) is 0.357. The molecule has 0 amide bonds. The summed E-state index contributed by atoms with van der Waals surface area (Å²) in [5.41, 5.74) is 1.17. The molecule has 0 radical (unpaired) electrons. The molecular formula is C14H18N2O2. The van der Waals surface area contributed by atoms with Crippen LogP contribution < -0.4 is 10.1 Å². The summed E-state index contributed by atoms with van der Waals surface area (Å²) in [7, 11) is 1.67. The van der Waals surface area contributed by atoms with Gasteiger partial charge in [-0.15, -0.1) is 0 Å². The molecule has 1 N–H and O–H groups in total. The van der Waals surface area contributed by atoms with E-state index in [1.165, 1.54) is 5.56 Å². The van der Waals surface area contributed by atoms with Crippen LogP contribution in [0.3, 0.4) is 0 Å². The summed E-state index contributed by atoms with van der Waals surface area (Å²) in [5.74, 6) is 2.42. The number of hydrogen-bond donors (Lipinski definition) is 1. The molecule has 96 valence electrons. The van der Waals surface area contributed by atoms with Crippen LogP contribution in [0.5, 0.6) is 5.75 Å². The number of nitrogens with one attached hydrogen (secondary N) is 1. The molecule has 18 heavy (non-hydrogen) atoms. The van der Waals surface area contributed by atoms with Crippen LogP contribution in [-0.2, 0) is 6.54 Å².